The fraction of sp³-hybridized carbons (Fsp3) is 0.267. The molecule has 2 N–H and O–H groups in total. The van der Waals surface area contributed by atoms with E-state index in [2.05, 4.69) is 12.2 Å². The SMILES string of the molecule is COc1ccc(C(C)NCc2ccc(C(=O)O)s2)cc1. The van der Waals surface area contributed by atoms with Gasteiger partial charge < -0.3 is 15.2 Å². The lowest BCUT2D eigenvalue weighted by Gasteiger charge is -2.14. The Bertz CT molecular complexity index is 577. The van der Waals surface area contributed by atoms with Crippen LogP contribution in [0.25, 0.3) is 0 Å². The van der Waals surface area contributed by atoms with Gasteiger partial charge in [-0.3, -0.25) is 0 Å². The quantitative estimate of drug-likeness (QED) is 0.857. The largest absolute Gasteiger partial charge is 0.497 e. The number of hydrogen-bond donors (Lipinski definition) is 2. The van der Waals surface area contributed by atoms with Gasteiger partial charge in [-0.25, -0.2) is 4.79 Å². The Hall–Kier alpha value is -1.85. The first-order chi connectivity index (χ1) is 9.60. The summed E-state index contributed by atoms with van der Waals surface area (Å²) in [5.74, 6) is -0.0326. The third-order valence-corrected chi connectivity index (χ3v) is 4.14. The molecule has 0 radical (unpaired) electrons. The van der Waals surface area contributed by atoms with E-state index in [9.17, 15) is 4.79 Å². The van der Waals surface area contributed by atoms with Gasteiger partial charge in [0.15, 0.2) is 0 Å². The monoisotopic (exact) mass is 291 g/mol. The van der Waals surface area contributed by atoms with Gasteiger partial charge in [-0.1, -0.05) is 12.1 Å². The third-order valence-electron chi connectivity index (χ3n) is 3.07. The second-order valence-electron chi connectivity index (χ2n) is 4.45. The summed E-state index contributed by atoms with van der Waals surface area (Å²) in [6, 6.07) is 11.6. The molecule has 0 saturated carbocycles. The third kappa shape index (κ3) is 3.59. The molecule has 0 fully saturated rings. The van der Waals surface area contributed by atoms with Crippen molar-refractivity contribution in [3.63, 3.8) is 0 Å². The van der Waals surface area contributed by atoms with Crippen LogP contribution in [0.5, 0.6) is 5.75 Å². The molecule has 0 aliphatic rings. The number of methoxy groups -OCH3 is 1. The van der Waals surface area contributed by atoms with E-state index in [0.29, 0.717) is 11.4 Å². The van der Waals surface area contributed by atoms with Gasteiger partial charge in [-0.15, -0.1) is 11.3 Å². The first-order valence-corrected chi connectivity index (χ1v) is 7.11. The summed E-state index contributed by atoms with van der Waals surface area (Å²) in [5.41, 5.74) is 1.17. The van der Waals surface area contributed by atoms with Crippen LogP contribution in [0.1, 0.15) is 33.1 Å². The Morgan fingerprint density at radius 2 is 2.00 bits per heavy atom. The average Bonchev–Trinajstić information content (AvgIpc) is 2.94. The summed E-state index contributed by atoms with van der Waals surface area (Å²) in [5, 5.41) is 12.3. The number of thiophene rings is 1. The Labute approximate surface area is 122 Å². The van der Waals surface area contributed by atoms with Gasteiger partial charge in [0.1, 0.15) is 10.6 Å². The van der Waals surface area contributed by atoms with Crippen LogP contribution in [0.4, 0.5) is 0 Å². The molecule has 0 aliphatic carbocycles. The van der Waals surface area contributed by atoms with Crippen molar-refractivity contribution in [3.8, 4) is 5.75 Å². The van der Waals surface area contributed by atoms with Crippen molar-refractivity contribution in [2.75, 3.05) is 7.11 Å². The van der Waals surface area contributed by atoms with Gasteiger partial charge in [0.25, 0.3) is 0 Å². The molecule has 0 saturated heterocycles. The fourth-order valence-electron chi connectivity index (χ4n) is 1.85. The van der Waals surface area contributed by atoms with Crippen molar-refractivity contribution < 1.29 is 14.6 Å². The van der Waals surface area contributed by atoms with Crippen LogP contribution in [0.3, 0.4) is 0 Å². The Morgan fingerprint density at radius 3 is 2.55 bits per heavy atom. The average molecular weight is 291 g/mol. The Morgan fingerprint density at radius 1 is 1.30 bits per heavy atom. The smallest absolute Gasteiger partial charge is 0.345 e. The highest BCUT2D eigenvalue weighted by atomic mass is 32.1. The molecule has 1 heterocycles. The number of benzene rings is 1. The molecule has 2 aromatic rings. The van der Waals surface area contributed by atoms with Crippen molar-refractivity contribution in [3.05, 3.63) is 51.7 Å². The van der Waals surface area contributed by atoms with Crippen molar-refractivity contribution >= 4 is 17.3 Å². The molecule has 4 nitrogen and oxygen atoms in total. The van der Waals surface area contributed by atoms with Gasteiger partial charge in [-0.2, -0.15) is 0 Å². The number of hydrogen-bond acceptors (Lipinski definition) is 4. The zero-order valence-corrected chi connectivity index (χ0v) is 12.2. The molecule has 1 atom stereocenters. The minimum absolute atomic E-state index is 0.191. The van der Waals surface area contributed by atoms with Crippen molar-refractivity contribution in [1.82, 2.24) is 5.32 Å². The van der Waals surface area contributed by atoms with E-state index < -0.39 is 5.97 Å². The summed E-state index contributed by atoms with van der Waals surface area (Å²) in [4.78, 5) is 12.2. The summed E-state index contributed by atoms with van der Waals surface area (Å²) in [7, 11) is 1.65. The zero-order chi connectivity index (χ0) is 14.5. The zero-order valence-electron chi connectivity index (χ0n) is 11.4. The highest BCUT2D eigenvalue weighted by molar-refractivity contribution is 7.13. The molecule has 5 heteroatoms. The van der Waals surface area contributed by atoms with Crippen LogP contribution in [0.2, 0.25) is 0 Å². The predicted molar refractivity (Wildman–Crippen MR) is 79.5 cm³/mol. The summed E-state index contributed by atoms with van der Waals surface area (Å²) in [6.45, 7) is 2.73. The van der Waals surface area contributed by atoms with Gasteiger partial charge in [0.05, 0.1) is 7.11 Å². The van der Waals surface area contributed by atoms with Crippen LogP contribution in [-0.4, -0.2) is 18.2 Å². The molecule has 0 spiro atoms. The predicted octanol–water partition coefficient (Wildman–Crippen LogP) is 3.31. The molecule has 0 amide bonds. The second kappa shape index (κ2) is 6.54. The minimum Gasteiger partial charge on any atom is -0.497 e. The number of carboxylic acid groups (broad SMARTS) is 1. The van der Waals surface area contributed by atoms with E-state index in [0.717, 1.165) is 10.6 Å². The standard InChI is InChI=1S/C15H17NO3S/c1-10(11-3-5-12(19-2)6-4-11)16-9-13-7-8-14(20-13)15(17)18/h3-8,10,16H,9H2,1-2H3,(H,17,18). The number of nitrogens with one attached hydrogen (secondary N) is 1. The van der Waals surface area contributed by atoms with Crippen molar-refractivity contribution in [2.24, 2.45) is 0 Å². The molecule has 0 bridgehead atoms. The molecular formula is C15H17NO3S. The first-order valence-electron chi connectivity index (χ1n) is 6.29. The first kappa shape index (κ1) is 14.6. The van der Waals surface area contributed by atoms with Crippen LogP contribution in [0, 0.1) is 0 Å². The fourth-order valence-corrected chi connectivity index (χ4v) is 2.65. The molecule has 106 valence electrons. The van der Waals surface area contributed by atoms with Gasteiger partial charge in [0, 0.05) is 17.5 Å². The van der Waals surface area contributed by atoms with Crippen LogP contribution < -0.4 is 10.1 Å². The molecular weight excluding hydrogens is 274 g/mol. The van der Waals surface area contributed by atoms with E-state index >= 15 is 0 Å². The maximum absolute atomic E-state index is 10.8. The maximum Gasteiger partial charge on any atom is 0.345 e. The van der Waals surface area contributed by atoms with E-state index in [4.69, 9.17) is 9.84 Å². The molecule has 1 aromatic carbocycles. The second-order valence-corrected chi connectivity index (χ2v) is 5.62. The summed E-state index contributed by atoms with van der Waals surface area (Å²) >= 11 is 1.30. The van der Waals surface area contributed by atoms with E-state index in [1.165, 1.54) is 16.9 Å². The molecule has 0 aliphatic heterocycles. The normalized spacial score (nSPS) is 12.1. The lowest BCUT2D eigenvalue weighted by molar-refractivity contribution is 0.0702. The number of aromatic carboxylic acids is 1. The lowest BCUT2D eigenvalue weighted by Crippen LogP contribution is -2.17. The molecule has 1 unspecified atom stereocenters. The van der Waals surface area contributed by atoms with Crippen molar-refractivity contribution in [2.45, 2.75) is 19.5 Å². The molecule has 20 heavy (non-hydrogen) atoms. The topological polar surface area (TPSA) is 58.6 Å². The summed E-state index contributed by atoms with van der Waals surface area (Å²) < 4.78 is 5.13. The van der Waals surface area contributed by atoms with Crippen LogP contribution in [0.15, 0.2) is 36.4 Å². The number of carbonyl (C=O) groups is 1. The minimum atomic E-state index is -0.871. The van der Waals surface area contributed by atoms with E-state index in [1.807, 2.05) is 30.3 Å². The van der Waals surface area contributed by atoms with Gasteiger partial charge >= 0.3 is 5.97 Å². The van der Waals surface area contributed by atoms with Crippen molar-refractivity contribution in [1.29, 1.82) is 0 Å². The maximum atomic E-state index is 10.8. The van der Waals surface area contributed by atoms with Crippen LogP contribution >= 0.6 is 11.3 Å². The highest BCUT2D eigenvalue weighted by Gasteiger charge is 2.09. The summed E-state index contributed by atoms with van der Waals surface area (Å²) in [6.07, 6.45) is 0. The number of rotatable bonds is 6. The lowest BCUT2D eigenvalue weighted by atomic mass is 10.1. The van der Waals surface area contributed by atoms with Crippen LogP contribution in [-0.2, 0) is 6.54 Å². The highest BCUT2D eigenvalue weighted by Crippen LogP contribution is 2.20. The Kier molecular flexibility index (Phi) is 4.76. The van der Waals surface area contributed by atoms with Gasteiger partial charge in [-0.05, 0) is 36.8 Å². The van der Waals surface area contributed by atoms with Gasteiger partial charge in [0.2, 0.25) is 0 Å². The number of carboxylic acids is 1. The number of ether oxygens (including phenoxy) is 1. The Balaban J connectivity index is 1.93. The van der Waals surface area contributed by atoms with E-state index in [1.54, 1.807) is 13.2 Å². The molecule has 2 rings (SSSR count). The van der Waals surface area contributed by atoms with E-state index in [-0.39, 0.29) is 6.04 Å². The molecule has 1 aromatic heterocycles.